The normalized spacial score (nSPS) is 20.3. The van der Waals surface area contributed by atoms with Gasteiger partial charge in [0.2, 0.25) is 0 Å². The molecule has 0 aromatic heterocycles. The summed E-state index contributed by atoms with van der Waals surface area (Å²) in [7, 11) is 4.12. The summed E-state index contributed by atoms with van der Waals surface area (Å²) < 4.78 is 14.2. The summed E-state index contributed by atoms with van der Waals surface area (Å²) in [5.41, 5.74) is 7.40. The fraction of sp³-hybridized carbons (Fsp3) is 0.538. The predicted octanol–water partition coefficient (Wildman–Crippen LogP) is 2.54. The molecule has 0 bridgehead atoms. The Labute approximate surface area is 121 Å². The first-order valence-electron chi connectivity index (χ1n) is 6.15. The van der Waals surface area contributed by atoms with E-state index in [0.717, 1.165) is 18.8 Å². The number of likely N-dealkylation sites (N-methyl/N-ethyl adjacent to an activating group) is 2. The Morgan fingerprint density at radius 3 is 2.89 bits per heavy atom. The summed E-state index contributed by atoms with van der Waals surface area (Å²) in [4.78, 5) is 4.41. The van der Waals surface area contributed by atoms with E-state index in [-0.39, 0.29) is 5.82 Å². The van der Waals surface area contributed by atoms with Crippen molar-refractivity contribution >= 4 is 34.0 Å². The minimum absolute atomic E-state index is 0.202. The molecule has 0 spiro atoms. The zero-order chi connectivity index (χ0) is 13.3. The average molecular weight is 363 g/mol. The number of halogens is 2. The number of nitrogens with two attached hydrogens (primary N) is 1. The van der Waals surface area contributed by atoms with Crippen LogP contribution in [0.25, 0.3) is 0 Å². The monoisotopic (exact) mass is 363 g/mol. The molecule has 0 amide bonds. The molecule has 1 saturated heterocycles. The molecule has 0 aliphatic carbocycles. The van der Waals surface area contributed by atoms with Crippen molar-refractivity contribution in [3.05, 3.63) is 21.5 Å². The van der Waals surface area contributed by atoms with E-state index < -0.39 is 0 Å². The predicted molar refractivity (Wildman–Crippen MR) is 82.5 cm³/mol. The topological polar surface area (TPSA) is 32.5 Å². The molecule has 1 heterocycles. The molecule has 0 radical (unpaired) electrons. The first-order valence-corrected chi connectivity index (χ1v) is 7.23. The number of hydrogen-bond acceptors (Lipinski definition) is 3. The summed E-state index contributed by atoms with van der Waals surface area (Å²) in [5.74, 6) is -0.202. The van der Waals surface area contributed by atoms with Crippen molar-refractivity contribution in [2.24, 2.45) is 0 Å². The molecule has 100 valence electrons. The van der Waals surface area contributed by atoms with Crippen molar-refractivity contribution in [1.82, 2.24) is 4.90 Å². The summed E-state index contributed by atoms with van der Waals surface area (Å²) in [6.07, 6.45) is 2.44. The van der Waals surface area contributed by atoms with E-state index in [1.165, 1.54) is 18.9 Å². The van der Waals surface area contributed by atoms with E-state index in [0.29, 0.717) is 15.3 Å². The van der Waals surface area contributed by atoms with Crippen molar-refractivity contribution in [2.75, 3.05) is 37.8 Å². The van der Waals surface area contributed by atoms with Crippen LogP contribution in [0.4, 0.5) is 15.8 Å². The molecule has 2 N–H and O–H groups in total. The second-order valence-electron chi connectivity index (χ2n) is 4.98. The molecule has 1 aliphatic heterocycles. The van der Waals surface area contributed by atoms with Crippen LogP contribution in [0.5, 0.6) is 0 Å². The van der Waals surface area contributed by atoms with E-state index in [9.17, 15) is 4.39 Å². The lowest BCUT2D eigenvalue weighted by Gasteiger charge is -2.28. The van der Waals surface area contributed by atoms with Crippen LogP contribution in [0.3, 0.4) is 0 Å². The first kappa shape index (κ1) is 13.9. The third kappa shape index (κ3) is 2.88. The SMILES string of the molecule is CN(CC1CCCN1C)c1cc(F)c(I)cc1N. The number of nitrogen functional groups attached to an aromatic ring is 1. The number of benzene rings is 1. The third-order valence-electron chi connectivity index (χ3n) is 3.64. The number of nitrogens with zero attached hydrogens (tertiary/aromatic N) is 2. The summed E-state index contributed by atoms with van der Waals surface area (Å²) >= 11 is 1.96. The minimum atomic E-state index is -0.202. The van der Waals surface area contributed by atoms with Gasteiger partial charge in [0.1, 0.15) is 5.82 Å². The lowest BCUT2D eigenvalue weighted by molar-refractivity contribution is 0.314. The highest BCUT2D eigenvalue weighted by Gasteiger charge is 2.23. The highest BCUT2D eigenvalue weighted by atomic mass is 127. The Morgan fingerprint density at radius 2 is 2.28 bits per heavy atom. The van der Waals surface area contributed by atoms with Crippen molar-refractivity contribution in [3.8, 4) is 0 Å². The lowest BCUT2D eigenvalue weighted by atomic mass is 10.2. The van der Waals surface area contributed by atoms with Gasteiger partial charge in [0.05, 0.1) is 14.9 Å². The van der Waals surface area contributed by atoms with Gasteiger partial charge in [-0.25, -0.2) is 4.39 Å². The molecular weight excluding hydrogens is 344 g/mol. The van der Waals surface area contributed by atoms with Crippen LogP contribution in [0, 0.1) is 9.39 Å². The molecule has 0 saturated carbocycles. The standard InChI is InChI=1S/C13H19FIN3/c1-17-5-3-4-9(17)8-18(2)13-6-10(14)11(15)7-12(13)16/h6-7,9H,3-5,8,16H2,1-2H3. The highest BCUT2D eigenvalue weighted by Crippen LogP contribution is 2.28. The summed E-state index contributed by atoms with van der Waals surface area (Å²) in [5, 5.41) is 0. The maximum absolute atomic E-state index is 13.6. The average Bonchev–Trinajstić information content (AvgIpc) is 2.69. The van der Waals surface area contributed by atoms with Gasteiger partial charge in [0.15, 0.2) is 0 Å². The molecule has 1 unspecified atom stereocenters. The second kappa shape index (κ2) is 5.61. The smallest absolute Gasteiger partial charge is 0.138 e. The van der Waals surface area contributed by atoms with Crippen LogP contribution in [0.2, 0.25) is 0 Å². The molecule has 5 heteroatoms. The maximum atomic E-state index is 13.6. The fourth-order valence-electron chi connectivity index (χ4n) is 2.51. The molecule has 18 heavy (non-hydrogen) atoms. The van der Waals surface area contributed by atoms with Crippen LogP contribution < -0.4 is 10.6 Å². The van der Waals surface area contributed by atoms with Gasteiger partial charge in [-0.3, -0.25) is 0 Å². The van der Waals surface area contributed by atoms with E-state index in [1.807, 2.05) is 29.6 Å². The number of hydrogen-bond donors (Lipinski definition) is 1. The van der Waals surface area contributed by atoms with Gasteiger partial charge in [0.25, 0.3) is 0 Å². The van der Waals surface area contributed by atoms with Crippen LogP contribution >= 0.6 is 22.6 Å². The molecule has 1 aromatic carbocycles. The van der Waals surface area contributed by atoms with Gasteiger partial charge in [-0.05, 0) is 55.1 Å². The van der Waals surface area contributed by atoms with E-state index in [1.54, 1.807) is 6.07 Å². The Balaban J connectivity index is 2.13. The van der Waals surface area contributed by atoms with E-state index in [4.69, 9.17) is 5.73 Å². The number of likely N-dealkylation sites (tertiary alicyclic amines) is 1. The number of anilines is 2. The Kier molecular flexibility index (Phi) is 4.32. The van der Waals surface area contributed by atoms with Crippen LogP contribution in [-0.4, -0.2) is 38.1 Å². The molecule has 1 fully saturated rings. The largest absolute Gasteiger partial charge is 0.397 e. The van der Waals surface area contributed by atoms with Gasteiger partial charge in [-0.15, -0.1) is 0 Å². The third-order valence-corrected chi connectivity index (χ3v) is 4.46. The molecule has 2 rings (SSSR count). The van der Waals surface area contributed by atoms with Crippen molar-refractivity contribution < 1.29 is 4.39 Å². The van der Waals surface area contributed by atoms with Crippen LogP contribution in [-0.2, 0) is 0 Å². The zero-order valence-corrected chi connectivity index (χ0v) is 12.9. The fourth-order valence-corrected chi connectivity index (χ4v) is 3.00. The van der Waals surface area contributed by atoms with E-state index in [2.05, 4.69) is 16.8 Å². The molecule has 3 nitrogen and oxygen atoms in total. The molecule has 1 aliphatic rings. The summed E-state index contributed by atoms with van der Waals surface area (Å²) in [6.45, 7) is 2.04. The van der Waals surface area contributed by atoms with Gasteiger partial charge >= 0.3 is 0 Å². The number of rotatable bonds is 3. The Hall–Kier alpha value is -0.560. The van der Waals surface area contributed by atoms with Crippen LogP contribution in [0.1, 0.15) is 12.8 Å². The van der Waals surface area contributed by atoms with Gasteiger partial charge in [-0.2, -0.15) is 0 Å². The van der Waals surface area contributed by atoms with Crippen molar-refractivity contribution in [2.45, 2.75) is 18.9 Å². The molecule has 1 atom stereocenters. The molecule has 1 aromatic rings. The van der Waals surface area contributed by atoms with Gasteiger partial charge in [0, 0.05) is 25.7 Å². The first-order chi connectivity index (χ1) is 8.49. The van der Waals surface area contributed by atoms with Crippen LogP contribution in [0.15, 0.2) is 12.1 Å². The van der Waals surface area contributed by atoms with Gasteiger partial charge < -0.3 is 15.5 Å². The molecular formula is C13H19FIN3. The van der Waals surface area contributed by atoms with Crippen molar-refractivity contribution in [3.63, 3.8) is 0 Å². The Morgan fingerprint density at radius 1 is 1.56 bits per heavy atom. The quantitative estimate of drug-likeness (QED) is 0.662. The lowest BCUT2D eigenvalue weighted by Crippen LogP contribution is -2.36. The summed E-state index contributed by atoms with van der Waals surface area (Å²) in [6, 6.07) is 3.77. The van der Waals surface area contributed by atoms with Gasteiger partial charge in [-0.1, -0.05) is 0 Å². The Bertz CT molecular complexity index is 438. The minimum Gasteiger partial charge on any atom is -0.397 e. The zero-order valence-electron chi connectivity index (χ0n) is 10.8. The second-order valence-corrected chi connectivity index (χ2v) is 6.14. The maximum Gasteiger partial charge on any atom is 0.138 e. The van der Waals surface area contributed by atoms with Crippen molar-refractivity contribution in [1.29, 1.82) is 0 Å². The highest BCUT2D eigenvalue weighted by molar-refractivity contribution is 14.1. The van der Waals surface area contributed by atoms with E-state index >= 15 is 0 Å².